The molecule has 1 amide bonds. The van der Waals surface area contributed by atoms with Crippen molar-refractivity contribution in [2.45, 2.75) is 38.6 Å². The molecule has 0 aliphatic heterocycles. The summed E-state index contributed by atoms with van der Waals surface area (Å²) < 4.78 is 0. The van der Waals surface area contributed by atoms with E-state index in [2.05, 4.69) is 25.9 Å². The standard InChI is InChI=1S/C9H15N5O/c1-6(9-11-13-14-12-9)10-8(15)5-7-3-2-4-7/h6-7H,2-5H2,1H3,(H,10,15)(H,11,12,13,14). The molecule has 1 aliphatic rings. The second-order valence-corrected chi connectivity index (χ2v) is 4.06. The Kier molecular flexibility index (Phi) is 2.94. The molecule has 1 atom stereocenters. The Labute approximate surface area is 87.8 Å². The zero-order valence-electron chi connectivity index (χ0n) is 8.73. The number of aromatic nitrogens is 4. The van der Waals surface area contributed by atoms with Crippen molar-refractivity contribution in [2.24, 2.45) is 5.92 Å². The van der Waals surface area contributed by atoms with Crippen LogP contribution in [-0.4, -0.2) is 26.5 Å². The number of hydrogen-bond acceptors (Lipinski definition) is 4. The minimum Gasteiger partial charge on any atom is -0.346 e. The van der Waals surface area contributed by atoms with Crippen molar-refractivity contribution in [3.63, 3.8) is 0 Å². The number of nitrogens with one attached hydrogen (secondary N) is 2. The summed E-state index contributed by atoms with van der Waals surface area (Å²) in [6, 6.07) is -0.170. The molecule has 6 heteroatoms. The quantitative estimate of drug-likeness (QED) is 0.759. The van der Waals surface area contributed by atoms with Gasteiger partial charge < -0.3 is 5.32 Å². The van der Waals surface area contributed by atoms with Crippen LogP contribution in [0.15, 0.2) is 0 Å². The number of aromatic amines is 1. The highest BCUT2D eigenvalue weighted by molar-refractivity contribution is 5.76. The third-order valence-electron chi connectivity index (χ3n) is 2.83. The molecule has 1 fully saturated rings. The minimum absolute atomic E-state index is 0.0806. The third-order valence-corrected chi connectivity index (χ3v) is 2.83. The summed E-state index contributed by atoms with van der Waals surface area (Å²) in [5.74, 6) is 1.19. The molecule has 1 aromatic rings. The molecule has 0 spiro atoms. The van der Waals surface area contributed by atoms with E-state index in [4.69, 9.17) is 0 Å². The van der Waals surface area contributed by atoms with Gasteiger partial charge >= 0.3 is 0 Å². The third kappa shape index (κ3) is 2.51. The van der Waals surface area contributed by atoms with Crippen molar-refractivity contribution in [3.8, 4) is 0 Å². The van der Waals surface area contributed by atoms with E-state index in [1.165, 1.54) is 19.3 Å². The van der Waals surface area contributed by atoms with Crippen molar-refractivity contribution in [2.75, 3.05) is 0 Å². The summed E-state index contributed by atoms with van der Waals surface area (Å²) in [6.07, 6.45) is 4.26. The van der Waals surface area contributed by atoms with Crippen LogP contribution < -0.4 is 5.32 Å². The second-order valence-electron chi connectivity index (χ2n) is 4.06. The van der Waals surface area contributed by atoms with Crippen molar-refractivity contribution >= 4 is 5.91 Å². The maximum absolute atomic E-state index is 11.6. The normalized spacial score (nSPS) is 18.2. The van der Waals surface area contributed by atoms with Crippen LogP contribution in [0.5, 0.6) is 0 Å². The Bertz CT molecular complexity index is 319. The molecule has 0 radical (unpaired) electrons. The van der Waals surface area contributed by atoms with E-state index in [1.807, 2.05) is 6.92 Å². The van der Waals surface area contributed by atoms with Crippen molar-refractivity contribution in [1.82, 2.24) is 25.9 Å². The fourth-order valence-corrected chi connectivity index (χ4v) is 1.68. The predicted molar refractivity (Wildman–Crippen MR) is 52.7 cm³/mol. The maximum atomic E-state index is 11.6. The van der Waals surface area contributed by atoms with E-state index in [0.717, 1.165) is 0 Å². The van der Waals surface area contributed by atoms with Crippen molar-refractivity contribution in [3.05, 3.63) is 5.82 Å². The first-order chi connectivity index (χ1) is 7.25. The number of rotatable bonds is 4. The molecule has 15 heavy (non-hydrogen) atoms. The van der Waals surface area contributed by atoms with Crippen LogP contribution >= 0.6 is 0 Å². The van der Waals surface area contributed by atoms with Gasteiger partial charge in [0.15, 0.2) is 5.82 Å². The minimum atomic E-state index is -0.170. The monoisotopic (exact) mass is 209 g/mol. The molecule has 0 aromatic carbocycles. The lowest BCUT2D eigenvalue weighted by molar-refractivity contribution is -0.123. The summed E-state index contributed by atoms with van der Waals surface area (Å²) in [4.78, 5) is 11.6. The lowest BCUT2D eigenvalue weighted by Gasteiger charge is -2.24. The first kappa shape index (κ1) is 10.1. The molecule has 0 bridgehead atoms. The van der Waals surface area contributed by atoms with Crippen molar-refractivity contribution in [1.29, 1.82) is 0 Å². The Morgan fingerprint density at radius 3 is 3.00 bits per heavy atom. The molecule has 0 saturated heterocycles. The molecule has 2 N–H and O–H groups in total. The summed E-state index contributed by atoms with van der Waals surface area (Å²) in [7, 11) is 0. The highest BCUT2D eigenvalue weighted by Gasteiger charge is 2.22. The topological polar surface area (TPSA) is 83.6 Å². The molecule has 2 rings (SSSR count). The smallest absolute Gasteiger partial charge is 0.220 e. The average molecular weight is 209 g/mol. The van der Waals surface area contributed by atoms with Crippen LogP contribution in [0.25, 0.3) is 0 Å². The van der Waals surface area contributed by atoms with Gasteiger partial charge in [-0.05, 0) is 25.7 Å². The Morgan fingerprint density at radius 1 is 1.67 bits per heavy atom. The predicted octanol–water partition coefficient (Wildman–Crippen LogP) is 0.567. The number of carbonyl (C=O) groups excluding carboxylic acids is 1. The van der Waals surface area contributed by atoms with E-state index >= 15 is 0 Å². The molecule has 82 valence electrons. The average Bonchev–Trinajstić information content (AvgIpc) is 2.64. The number of tetrazole rings is 1. The van der Waals surface area contributed by atoms with Gasteiger partial charge in [0, 0.05) is 6.42 Å². The number of amides is 1. The van der Waals surface area contributed by atoms with Crippen molar-refractivity contribution < 1.29 is 4.79 Å². The van der Waals surface area contributed by atoms with Crippen LogP contribution in [0.4, 0.5) is 0 Å². The lowest BCUT2D eigenvalue weighted by atomic mass is 9.83. The first-order valence-electron chi connectivity index (χ1n) is 5.28. The van der Waals surface area contributed by atoms with E-state index in [-0.39, 0.29) is 11.9 Å². The summed E-state index contributed by atoms with van der Waals surface area (Å²) in [5, 5.41) is 16.3. The number of nitrogens with zero attached hydrogens (tertiary/aromatic N) is 3. The molecule has 6 nitrogen and oxygen atoms in total. The lowest BCUT2D eigenvalue weighted by Crippen LogP contribution is -2.30. The van der Waals surface area contributed by atoms with Gasteiger partial charge in [0.2, 0.25) is 5.91 Å². The fraction of sp³-hybridized carbons (Fsp3) is 0.778. The summed E-state index contributed by atoms with van der Waals surface area (Å²) in [6.45, 7) is 1.85. The van der Waals surface area contributed by atoms with E-state index in [1.54, 1.807) is 0 Å². The van der Waals surface area contributed by atoms with Crippen LogP contribution in [0.2, 0.25) is 0 Å². The Hall–Kier alpha value is -1.46. The van der Waals surface area contributed by atoms with Gasteiger partial charge in [-0.1, -0.05) is 11.6 Å². The zero-order chi connectivity index (χ0) is 10.7. The van der Waals surface area contributed by atoms with Crippen LogP contribution in [-0.2, 0) is 4.79 Å². The highest BCUT2D eigenvalue weighted by atomic mass is 16.1. The van der Waals surface area contributed by atoms with Gasteiger partial charge in [0.1, 0.15) is 0 Å². The van der Waals surface area contributed by atoms with Gasteiger partial charge in [-0.3, -0.25) is 4.79 Å². The number of H-pyrrole nitrogens is 1. The SMILES string of the molecule is CC(NC(=O)CC1CCC1)c1nn[nH]n1. The van der Waals surface area contributed by atoms with Gasteiger partial charge in [0.25, 0.3) is 0 Å². The van der Waals surface area contributed by atoms with Gasteiger partial charge in [-0.2, -0.15) is 5.21 Å². The highest BCUT2D eigenvalue weighted by Crippen LogP contribution is 2.29. The Balaban J connectivity index is 1.78. The maximum Gasteiger partial charge on any atom is 0.220 e. The van der Waals surface area contributed by atoms with Crippen LogP contribution in [0.1, 0.15) is 44.5 Å². The Morgan fingerprint density at radius 2 is 2.47 bits per heavy atom. The molecule has 1 aromatic heterocycles. The number of carbonyl (C=O) groups is 1. The largest absolute Gasteiger partial charge is 0.346 e. The van der Waals surface area contributed by atoms with Gasteiger partial charge in [-0.25, -0.2) is 0 Å². The molecular formula is C9H15N5O. The first-order valence-corrected chi connectivity index (χ1v) is 5.28. The number of hydrogen-bond donors (Lipinski definition) is 2. The van der Waals surface area contributed by atoms with E-state index in [9.17, 15) is 4.79 Å². The summed E-state index contributed by atoms with van der Waals surface area (Å²) >= 11 is 0. The second kappa shape index (κ2) is 4.37. The zero-order valence-corrected chi connectivity index (χ0v) is 8.73. The van der Waals surface area contributed by atoms with E-state index in [0.29, 0.717) is 18.2 Å². The molecular weight excluding hydrogens is 194 g/mol. The fourth-order valence-electron chi connectivity index (χ4n) is 1.68. The summed E-state index contributed by atoms with van der Waals surface area (Å²) in [5.41, 5.74) is 0. The van der Waals surface area contributed by atoms with Gasteiger partial charge in [0.05, 0.1) is 6.04 Å². The van der Waals surface area contributed by atoms with Gasteiger partial charge in [-0.15, -0.1) is 10.2 Å². The molecule has 1 aliphatic carbocycles. The molecule has 1 heterocycles. The molecule has 1 unspecified atom stereocenters. The van der Waals surface area contributed by atoms with Crippen LogP contribution in [0, 0.1) is 5.92 Å². The molecule has 1 saturated carbocycles. The van der Waals surface area contributed by atoms with E-state index < -0.39 is 0 Å². The van der Waals surface area contributed by atoms with Crippen LogP contribution in [0.3, 0.4) is 0 Å².